The fourth-order valence-electron chi connectivity index (χ4n) is 3.28. The number of nitrogens with zero attached hydrogens (tertiary/aromatic N) is 3. The Bertz CT molecular complexity index is 958. The highest BCUT2D eigenvalue weighted by Crippen LogP contribution is 2.22. The first kappa shape index (κ1) is 22.5. The molecule has 1 aromatic carbocycles. The van der Waals surface area contributed by atoms with Gasteiger partial charge in [0.1, 0.15) is 12.0 Å². The summed E-state index contributed by atoms with van der Waals surface area (Å²) in [6.45, 7) is 6.02. The molecule has 31 heavy (non-hydrogen) atoms. The lowest BCUT2D eigenvalue weighted by molar-refractivity contribution is 0.0949. The number of rotatable bonds is 11. The molecule has 1 unspecified atom stereocenters. The molecule has 0 saturated carbocycles. The zero-order chi connectivity index (χ0) is 22.1. The molecule has 0 fully saturated rings. The number of oxazole rings is 1. The summed E-state index contributed by atoms with van der Waals surface area (Å²) in [5, 5.41) is 2.87. The topological polar surface area (TPSA) is 80.5 Å². The van der Waals surface area contributed by atoms with Gasteiger partial charge in [0.2, 0.25) is 5.89 Å². The zero-order valence-corrected chi connectivity index (χ0v) is 18.4. The minimum Gasteiger partial charge on any atom is -0.496 e. The number of para-hydroxylation sites is 1. The first-order valence-corrected chi connectivity index (χ1v) is 10.6. The van der Waals surface area contributed by atoms with E-state index in [4.69, 9.17) is 9.15 Å². The van der Waals surface area contributed by atoms with Crippen LogP contribution in [-0.4, -0.2) is 40.5 Å². The number of pyridine rings is 1. The van der Waals surface area contributed by atoms with Gasteiger partial charge in [-0.15, -0.1) is 0 Å². The number of benzene rings is 1. The first-order valence-electron chi connectivity index (χ1n) is 10.6. The van der Waals surface area contributed by atoms with E-state index < -0.39 is 0 Å². The first-order chi connectivity index (χ1) is 15.1. The molecule has 3 aromatic rings. The Kier molecular flexibility index (Phi) is 8.18. The van der Waals surface area contributed by atoms with Crippen molar-refractivity contribution in [3.63, 3.8) is 0 Å². The van der Waals surface area contributed by atoms with Crippen LogP contribution < -0.4 is 10.1 Å². The van der Waals surface area contributed by atoms with Crippen LogP contribution in [-0.2, 0) is 19.5 Å². The van der Waals surface area contributed by atoms with Crippen molar-refractivity contribution in [3.05, 3.63) is 77.8 Å². The maximum Gasteiger partial charge on any atom is 0.273 e. The third-order valence-corrected chi connectivity index (χ3v) is 5.30. The van der Waals surface area contributed by atoms with E-state index in [9.17, 15) is 4.79 Å². The predicted octanol–water partition coefficient (Wildman–Crippen LogP) is 3.85. The number of ether oxygens (including phenoxy) is 1. The number of carbonyl (C=O) groups is 1. The van der Waals surface area contributed by atoms with Crippen LogP contribution in [0.3, 0.4) is 0 Å². The zero-order valence-electron chi connectivity index (χ0n) is 18.4. The van der Waals surface area contributed by atoms with Crippen molar-refractivity contribution in [3.8, 4) is 5.75 Å². The quantitative estimate of drug-likeness (QED) is 0.506. The molecular weight excluding hydrogens is 392 g/mol. The highest BCUT2D eigenvalue weighted by molar-refractivity contribution is 5.91. The Morgan fingerprint density at radius 3 is 2.74 bits per heavy atom. The van der Waals surface area contributed by atoms with E-state index in [1.54, 1.807) is 13.3 Å². The van der Waals surface area contributed by atoms with Crippen molar-refractivity contribution < 1.29 is 13.9 Å². The van der Waals surface area contributed by atoms with Crippen LogP contribution in [0.5, 0.6) is 5.75 Å². The highest BCUT2D eigenvalue weighted by Gasteiger charge is 2.19. The number of hydrogen-bond donors (Lipinski definition) is 1. The molecule has 7 nitrogen and oxygen atoms in total. The molecule has 0 spiro atoms. The SMILES string of the molecule is CCC(C)N(Cc1nc(C(=O)NCCc2ccccn2)co1)Cc1ccccc1OC. The van der Waals surface area contributed by atoms with Crippen LogP contribution in [0.25, 0.3) is 0 Å². The molecule has 0 saturated heterocycles. The summed E-state index contributed by atoms with van der Waals surface area (Å²) in [6.07, 6.45) is 4.81. The number of nitrogens with one attached hydrogen (secondary N) is 1. The fraction of sp³-hybridized carbons (Fsp3) is 0.375. The largest absolute Gasteiger partial charge is 0.496 e. The summed E-state index contributed by atoms with van der Waals surface area (Å²) >= 11 is 0. The van der Waals surface area contributed by atoms with E-state index in [1.165, 1.54) is 6.26 Å². The van der Waals surface area contributed by atoms with Gasteiger partial charge in [-0.1, -0.05) is 31.2 Å². The molecule has 0 aliphatic heterocycles. The molecular formula is C24H30N4O3. The number of hydrogen-bond acceptors (Lipinski definition) is 6. The number of methoxy groups -OCH3 is 1. The van der Waals surface area contributed by atoms with Gasteiger partial charge < -0.3 is 14.5 Å². The van der Waals surface area contributed by atoms with Gasteiger partial charge in [0.25, 0.3) is 5.91 Å². The van der Waals surface area contributed by atoms with Crippen molar-refractivity contribution in [2.75, 3.05) is 13.7 Å². The number of amides is 1. The second-order valence-electron chi connectivity index (χ2n) is 7.43. The molecule has 2 aromatic heterocycles. The lowest BCUT2D eigenvalue weighted by Crippen LogP contribution is -2.32. The molecule has 1 amide bonds. The van der Waals surface area contributed by atoms with Crippen LogP contribution >= 0.6 is 0 Å². The van der Waals surface area contributed by atoms with Gasteiger partial charge in [0, 0.05) is 43.0 Å². The summed E-state index contributed by atoms with van der Waals surface area (Å²) in [4.78, 5) is 23.4. The minimum absolute atomic E-state index is 0.245. The lowest BCUT2D eigenvalue weighted by Gasteiger charge is -2.27. The van der Waals surface area contributed by atoms with Crippen LogP contribution in [0.1, 0.15) is 47.9 Å². The molecule has 1 atom stereocenters. The normalized spacial score (nSPS) is 12.0. The molecule has 0 bridgehead atoms. The van der Waals surface area contributed by atoms with Gasteiger partial charge >= 0.3 is 0 Å². The van der Waals surface area contributed by atoms with Gasteiger partial charge in [-0.2, -0.15) is 0 Å². The van der Waals surface area contributed by atoms with Crippen LogP contribution in [0.15, 0.2) is 59.3 Å². The predicted molar refractivity (Wildman–Crippen MR) is 119 cm³/mol. The summed E-state index contributed by atoms with van der Waals surface area (Å²) in [5.41, 5.74) is 2.32. The van der Waals surface area contributed by atoms with E-state index in [2.05, 4.69) is 40.1 Å². The van der Waals surface area contributed by atoms with Crippen LogP contribution in [0.4, 0.5) is 0 Å². The highest BCUT2D eigenvalue weighted by atomic mass is 16.5. The Morgan fingerprint density at radius 2 is 2.00 bits per heavy atom. The Labute approximate surface area is 183 Å². The smallest absolute Gasteiger partial charge is 0.273 e. The second-order valence-corrected chi connectivity index (χ2v) is 7.43. The van der Waals surface area contributed by atoms with Gasteiger partial charge in [0.15, 0.2) is 5.69 Å². The van der Waals surface area contributed by atoms with Crippen molar-refractivity contribution in [1.29, 1.82) is 0 Å². The van der Waals surface area contributed by atoms with Crippen LogP contribution in [0.2, 0.25) is 0 Å². The maximum absolute atomic E-state index is 12.4. The third kappa shape index (κ3) is 6.39. The van der Waals surface area contributed by atoms with E-state index in [1.807, 2.05) is 36.4 Å². The van der Waals surface area contributed by atoms with Gasteiger partial charge in [-0.3, -0.25) is 14.7 Å². The molecule has 3 rings (SSSR count). The van der Waals surface area contributed by atoms with Crippen molar-refractivity contribution in [2.45, 2.75) is 45.8 Å². The lowest BCUT2D eigenvalue weighted by atomic mass is 10.1. The second kappa shape index (κ2) is 11.3. The average molecular weight is 423 g/mol. The van der Waals surface area contributed by atoms with Crippen molar-refractivity contribution >= 4 is 5.91 Å². The van der Waals surface area contributed by atoms with Crippen molar-refractivity contribution in [2.24, 2.45) is 0 Å². The summed E-state index contributed by atoms with van der Waals surface area (Å²) in [5.74, 6) is 1.13. The molecule has 0 aliphatic carbocycles. The fourth-order valence-corrected chi connectivity index (χ4v) is 3.28. The summed E-state index contributed by atoms with van der Waals surface area (Å²) in [7, 11) is 1.68. The summed E-state index contributed by atoms with van der Waals surface area (Å²) < 4.78 is 11.1. The minimum atomic E-state index is -0.245. The van der Waals surface area contributed by atoms with E-state index in [0.717, 1.165) is 23.4 Å². The van der Waals surface area contributed by atoms with E-state index in [0.29, 0.717) is 38.0 Å². The molecule has 0 aliphatic rings. The molecule has 2 heterocycles. The standard InChI is InChI=1S/C24H30N4O3/c1-4-18(2)28(15-19-9-5-6-11-22(19)30-3)16-23-27-21(17-31-23)24(29)26-14-12-20-10-7-8-13-25-20/h5-11,13,17-18H,4,12,14-16H2,1-3H3,(H,26,29). The molecule has 7 heteroatoms. The number of carbonyl (C=O) groups excluding carboxylic acids is 1. The Morgan fingerprint density at radius 1 is 1.19 bits per heavy atom. The Balaban J connectivity index is 1.60. The Hall–Kier alpha value is -3.19. The average Bonchev–Trinajstić information content (AvgIpc) is 3.28. The van der Waals surface area contributed by atoms with Gasteiger partial charge in [-0.05, 0) is 31.5 Å². The van der Waals surface area contributed by atoms with E-state index >= 15 is 0 Å². The molecule has 0 radical (unpaired) electrons. The molecule has 1 N–H and O–H groups in total. The monoisotopic (exact) mass is 422 g/mol. The summed E-state index contributed by atoms with van der Waals surface area (Å²) in [6, 6.07) is 14.0. The third-order valence-electron chi connectivity index (χ3n) is 5.30. The van der Waals surface area contributed by atoms with Gasteiger partial charge in [0.05, 0.1) is 13.7 Å². The van der Waals surface area contributed by atoms with E-state index in [-0.39, 0.29) is 11.6 Å². The van der Waals surface area contributed by atoms with Crippen LogP contribution in [0, 0.1) is 0 Å². The molecule has 164 valence electrons. The maximum atomic E-state index is 12.4. The van der Waals surface area contributed by atoms with Gasteiger partial charge in [-0.25, -0.2) is 4.98 Å². The van der Waals surface area contributed by atoms with Crippen molar-refractivity contribution in [1.82, 2.24) is 20.2 Å². The number of aromatic nitrogens is 2.